The number of pyridine rings is 1. The minimum Gasteiger partial charge on any atom is -0.478 e. The molecule has 0 amide bonds. The summed E-state index contributed by atoms with van der Waals surface area (Å²) in [6, 6.07) is 11.1. The standard InChI is InChI=1S/C16H17N3O3/c1-18-13-5-2-3-6-14(13)19(16(18)21)12-7-8-15(17-11-12)22-10-4-9-20/h2-3,5-8,11,20H,4,9-10H2,1H3. The third kappa shape index (κ3) is 2.48. The largest absolute Gasteiger partial charge is 0.478 e. The molecular formula is C16H17N3O3. The highest BCUT2D eigenvalue weighted by Gasteiger charge is 2.11. The normalized spacial score (nSPS) is 11.0. The highest BCUT2D eigenvalue weighted by molar-refractivity contribution is 5.77. The van der Waals surface area contributed by atoms with E-state index in [1.807, 2.05) is 24.3 Å². The van der Waals surface area contributed by atoms with Gasteiger partial charge in [0.2, 0.25) is 5.88 Å². The van der Waals surface area contributed by atoms with Gasteiger partial charge in [0.15, 0.2) is 0 Å². The Morgan fingerprint density at radius 3 is 2.64 bits per heavy atom. The van der Waals surface area contributed by atoms with Gasteiger partial charge in [-0.25, -0.2) is 9.78 Å². The van der Waals surface area contributed by atoms with Crippen LogP contribution in [0.25, 0.3) is 16.7 Å². The van der Waals surface area contributed by atoms with Gasteiger partial charge in [-0.1, -0.05) is 12.1 Å². The molecule has 6 nitrogen and oxygen atoms in total. The number of hydrogen-bond donors (Lipinski definition) is 1. The lowest BCUT2D eigenvalue weighted by atomic mass is 10.3. The molecule has 114 valence electrons. The predicted molar refractivity (Wildman–Crippen MR) is 83.5 cm³/mol. The lowest BCUT2D eigenvalue weighted by Gasteiger charge is -2.06. The maximum atomic E-state index is 12.4. The molecule has 1 aromatic carbocycles. The van der Waals surface area contributed by atoms with Gasteiger partial charge in [-0.2, -0.15) is 0 Å². The van der Waals surface area contributed by atoms with Crippen molar-refractivity contribution in [2.45, 2.75) is 6.42 Å². The fourth-order valence-electron chi connectivity index (χ4n) is 2.37. The Balaban J connectivity index is 1.98. The first-order chi connectivity index (χ1) is 10.7. The topological polar surface area (TPSA) is 69.3 Å². The molecule has 0 fully saturated rings. The number of aliphatic hydroxyl groups is 1. The summed E-state index contributed by atoms with van der Waals surface area (Å²) in [4.78, 5) is 16.6. The van der Waals surface area contributed by atoms with Crippen molar-refractivity contribution >= 4 is 11.0 Å². The zero-order chi connectivity index (χ0) is 15.5. The first kappa shape index (κ1) is 14.3. The molecule has 0 aliphatic rings. The van der Waals surface area contributed by atoms with Crippen LogP contribution < -0.4 is 10.4 Å². The first-order valence-corrected chi connectivity index (χ1v) is 7.09. The fraction of sp³-hybridized carbons (Fsp3) is 0.250. The smallest absolute Gasteiger partial charge is 0.333 e. The van der Waals surface area contributed by atoms with Crippen molar-refractivity contribution in [3.63, 3.8) is 0 Å². The predicted octanol–water partition coefficient (Wildman–Crippen LogP) is 1.49. The average Bonchev–Trinajstić information content (AvgIpc) is 2.81. The molecule has 2 heterocycles. The molecule has 6 heteroatoms. The number of fused-ring (bicyclic) bond motifs is 1. The van der Waals surface area contributed by atoms with Crippen LogP contribution in [0.1, 0.15) is 6.42 Å². The van der Waals surface area contributed by atoms with E-state index in [0.717, 1.165) is 11.0 Å². The molecule has 0 bridgehead atoms. The van der Waals surface area contributed by atoms with Gasteiger partial charge in [-0.15, -0.1) is 0 Å². The van der Waals surface area contributed by atoms with Crippen molar-refractivity contribution in [2.75, 3.05) is 13.2 Å². The molecule has 0 spiro atoms. The van der Waals surface area contributed by atoms with E-state index >= 15 is 0 Å². The summed E-state index contributed by atoms with van der Waals surface area (Å²) >= 11 is 0. The fourth-order valence-corrected chi connectivity index (χ4v) is 2.37. The molecule has 2 aromatic heterocycles. The van der Waals surface area contributed by atoms with Crippen molar-refractivity contribution in [2.24, 2.45) is 7.05 Å². The van der Waals surface area contributed by atoms with Crippen LogP contribution in [0, 0.1) is 0 Å². The molecule has 3 aromatic rings. The van der Waals surface area contributed by atoms with E-state index in [1.54, 1.807) is 34.5 Å². The van der Waals surface area contributed by atoms with Gasteiger partial charge in [-0.05, 0) is 18.2 Å². The van der Waals surface area contributed by atoms with Crippen LogP contribution in [-0.4, -0.2) is 32.4 Å². The molecule has 0 saturated carbocycles. The molecule has 0 atom stereocenters. The Labute approximate surface area is 127 Å². The minimum absolute atomic E-state index is 0.0868. The molecule has 3 rings (SSSR count). The lowest BCUT2D eigenvalue weighted by molar-refractivity contribution is 0.229. The van der Waals surface area contributed by atoms with Gasteiger partial charge in [-0.3, -0.25) is 9.13 Å². The Hall–Kier alpha value is -2.60. The summed E-state index contributed by atoms with van der Waals surface area (Å²) in [6.45, 7) is 0.501. The number of hydrogen-bond acceptors (Lipinski definition) is 4. The van der Waals surface area contributed by atoms with Gasteiger partial charge < -0.3 is 9.84 Å². The first-order valence-electron chi connectivity index (χ1n) is 7.09. The van der Waals surface area contributed by atoms with E-state index in [0.29, 0.717) is 24.6 Å². The van der Waals surface area contributed by atoms with Crippen LogP contribution in [0.2, 0.25) is 0 Å². The number of benzene rings is 1. The van der Waals surface area contributed by atoms with Crippen molar-refractivity contribution in [1.82, 2.24) is 14.1 Å². The molecule has 22 heavy (non-hydrogen) atoms. The van der Waals surface area contributed by atoms with Gasteiger partial charge in [0.25, 0.3) is 0 Å². The summed E-state index contributed by atoms with van der Waals surface area (Å²) in [5, 5.41) is 8.73. The van der Waals surface area contributed by atoms with E-state index in [2.05, 4.69) is 4.98 Å². The molecule has 0 radical (unpaired) electrons. The zero-order valence-corrected chi connectivity index (χ0v) is 12.3. The second kappa shape index (κ2) is 6.03. The molecule has 0 aliphatic heterocycles. The van der Waals surface area contributed by atoms with Crippen molar-refractivity contribution < 1.29 is 9.84 Å². The number of nitrogens with zero attached hydrogens (tertiary/aromatic N) is 3. The average molecular weight is 299 g/mol. The van der Waals surface area contributed by atoms with Crippen LogP contribution in [0.5, 0.6) is 5.88 Å². The van der Waals surface area contributed by atoms with Gasteiger partial charge in [0, 0.05) is 26.1 Å². The SMILES string of the molecule is Cn1c(=O)n(-c2ccc(OCCCO)nc2)c2ccccc21. The number of imidazole rings is 1. The molecule has 0 saturated heterocycles. The highest BCUT2D eigenvalue weighted by Crippen LogP contribution is 2.17. The summed E-state index contributed by atoms with van der Waals surface area (Å²) in [6.07, 6.45) is 2.17. The van der Waals surface area contributed by atoms with E-state index in [-0.39, 0.29) is 12.3 Å². The molecule has 0 unspecified atom stereocenters. The molecule has 1 N–H and O–H groups in total. The number of aromatic nitrogens is 3. The van der Waals surface area contributed by atoms with Crippen LogP contribution in [-0.2, 0) is 7.05 Å². The summed E-state index contributed by atoms with van der Waals surface area (Å²) < 4.78 is 8.63. The number of para-hydroxylation sites is 2. The third-order valence-electron chi connectivity index (χ3n) is 3.49. The summed E-state index contributed by atoms with van der Waals surface area (Å²) in [5.74, 6) is 0.477. The Kier molecular flexibility index (Phi) is 3.93. The number of ether oxygens (including phenoxy) is 1. The second-order valence-corrected chi connectivity index (χ2v) is 4.95. The number of aliphatic hydroxyl groups excluding tert-OH is 1. The monoisotopic (exact) mass is 299 g/mol. The van der Waals surface area contributed by atoms with Gasteiger partial charge in [0.05, 0.1) is 29.5 Å². The highest BCUT2D eigenvalue weighted by atomic mass is 16.5. The van der Waals surface area contributed by atoms with Gasteiger partial charge >= 0.3 is 5.69 Å². The maximum Gasteiger partial charge on any atom is 0.333 e. The van der Waals surface area contributed by atoms with Gasteiger partial charge in [0.1, 0.15) is 0 Å². The van der Waals surface area contributed by atoms with E-state index in [4.69, 9.17) is 9.84 Å². The Bertz CT molecular complexity index is 834. The van der Waals surface area contributed by atoms with Crippen molar-refractivity contribution in [3.05, 3.63) is 53.1 Å². The Morgan fingerprint density at radius 1 is 1.18 bits per heavy atom. The maximum absolute atomic E-state index is 12.4. The minimum atomic E-state index is -0.114. The summed E-state index contributed by atoms with van der Waals surface area (Å²) in [7, 11) is 1.75. The number of aryl methyl sites for hydroxylation is 1. The Morgan fingerprint density at radius 2 is 1.95 bits per heavy atom. The third-order valence-corrected chi connectivity index (χ3v) is 3.49. The van der Waals surface area contributed by atoms with E-state index in [9.17, 15) is 4.79 Å². The van der Waals surface area contributed by atoms with E-state index < -0.39 is 0 Å². The quantitative estimate of drug-likeness (QED) is 0.725. The molecule has 0 aliphatic carbocycles. The number of rotatable bonds is 5. The van der Waals surface area contributed by atoms with Crippen LogP contribution >= 0.6 is 0 Å². The van der Waals surface area contributed by atoms with E-state index in [1.165, 1.54) is 0 Å². The summed E-state index contributed by atoms with van der Waals surface area (Å²) in [5.41, 5.74) is 2.29. The second-order valence-electron chi connectivity index (χ2n) is 4.95. The van der Waals surface area contributed by atoms with Crippen LogP contribution in [0.15, 0.2) is 47.4 Å². The zero-order valence-electron chi connectivity index (χ0n) is 12.3. The van der Waals surface area contributed by atoms with Crippen LogP contribution in [0.3, 0.4) is 0 Å². The van der Waals surface area contributed by atoms with Crippen LogP contribution in [0.4, 0.5) is 0 Å². The van der Waals surface area contributed by atoms with Crippen molar-refractivity contribution in [3.8, 4) is 11.6 Å². The van der Waals surface area contributed by atoms with Crippen molar-refractivity contribution in [1.29, 1.82) is 0 Å². The molecular weight excluding hydrogens is 282 g/mol. The lowest BCUT2D eigenvalue weighted by Crippen LogP contribution is -2.20.